The minimum Gasteiger partial charge on any atom is -0.342 e. The van der Waals surface area contributed by atoms with Crippen molar-refractivity contribution in [2.24, 2.45) is 0 Å². The van der Waals surface area contributed by atoms with Gasteiger partial charge in [0.05, 0.1) is 12.5 Å². The van der Waals surface area contributed by atoms with Crippen LogP contribution in [-0.2, 0) is 0 Å². The number of hydrogen-bond acceptors (Lipinski definition) is 5. The van der Waals surface area contributed by atoms with Crippen LogP contribution in [0.4, 0.5) is 0 Å². The van der Waals surface area contributed by atoms with E-state index in [-0.39, 0.29) is 0 Å². The predicted octanol–water partition coefficient (Wildman–Crippen LogP) is -0.112. The van der Waals surface area contributed by atoms with Gasteiger partial charge in [0.15, 0.2) is 0 Å². The van der Waals surface area contributed by atoms with Crippen LogP contribution in [0.5, 0.6) is 0 Å². The molecule has 11 heavy (non-hydrogen) atoms. The topological polar surface area (TPSA) is 91.1 Å². The highest BCUT2D eigenvalue weighted by Gasteiger charge is 1.92. The monoisotopic (exact) mass is 148 g/mol. The van der Waals surface area contributed by atoms with Gasteiger partial charge in [0, 0.05) is 6.57 Å². The number of rotatable bonds is 0. The Labute approximate surface area is 61.9 Å². The van der Waals surface area contributed by atoms with Crippen LogP contribution in [0.15, 0.2) is 12.5 Å². The smallest absolute Gasteiger partial charge is 0.203 e. The third kappa shape index (κ3) is 1.27. The first-order chi connectivity index (χ1) is 5.47. The lowest BCUT2D eigenvalue weighted by molar-refractivity contribution is 0.888. The van der Waals surface area contributed by atoms with Crippen LogP contribution in [-0.4, -0.2) is 25.4 Å². The van der Waals surface area contributed by atoms with E-state index in [1.165, 1.54) is 0 Å². The van der Waals surface area contributed by atoms with Crippen molar-refractivity contribution in [3.05, 3.63) is 12.5 Å². The first-order valence-corrected chi connectivity index (χ1v) is 2.70. The molecule has 0 spiro atoms. The summed E-state index contributed by atoms with van der Waals surface area (Å²) in [6, 6.07) is 0. The number of imidazole rings is 1. The summed E-state index contributed by atoms with van der Waals surface area (Å²) in [6.45, 7) is 3.50. The molecule has 2 aromatic rings. The second kappa shape index (κ2) is 3.22. The van der Waals surface area contributed by atoms with E-state index in [1.54, 1.807) is 12.5 Å². The van der Waals surface area contributed by atoms with Crippen molar-refractivity contribution < 1.29 is 0 Å². The molecule has 54 valence electrons. The fourth-order valence-corrected chi connectivity index (χ4v) is 0.623. The minimum atomic E-state index is 0.602. The number of hydrogen-bond donors (Lipinski definition) is 1. The van der Waals surface area contributed by atoms with Crippen LogP contribution >= 0.6 is 0 Å². The van der Waals surface area contributed by atoms with Gasteiger partial charge in [-0.15, -0.1) is 10.2 Å². The second-order valence-electron chi connectivity index (χ2n) is 1.57. The quantitative estimate of drug-likeness (QED) is 0.562. The van der Waals surface area contributed by atoms with Crippen LogP contribution in [0, 0.1) is 11.8 Å². The van der Waals surface area contributed by atoms with Gasteiger partial charge in [0.2, 0.25) is 5.65 Å². The number of H-pyrrole nitrogens is 1. The summed E-state index contributed by atoms with van der Waals surface area (Å²) >= 11 is 0. The zero-order valence-electron chi connectivity index (χ0n) is 5.47. The van der Waals surface area contributed by atoms with Crippen LogP contribution in [0.2, 0.25) is 0 Å². The Balaban J connectivity index is 0.000000281. The summed E-state index contributed by atoms with van der Waals surface area (Å²) < 4.78 is 0. The Kier molecular flexibility index (Phi) is 2.07. The molecule has 2 rings (SSSR count). The first-order valence-electron chi connectivity index (χ1n) is 2.70. The van der Waals surface area contributed by atoms with Crippen LogP contribution in [0.25, 0.3) is 11.2 Å². The van der Waals surface area contributed by atoms with Crippen LogP contribution in [0.1, 0.15) is 0 Å². The standard InChI is InChI=1S/C4H3N5.CHN/c1-3-4(6-2-5-3)8-9-7-1;1-2/h1-2H,(H,5,6,7,8);1H. The zero-order valence-corrected chi connectivity index (χ0v) is 5.47. The third-order valence-electron chi connectivity index (χ3n) is 1.03. The van der Waals surface area contributed by atoms with Gasteiger partial charge in [0.1, 0.15) is 5.52 Å². The van der Waals surface area contributed by atoms with Crippen molar-refractivity contribution in [3.8, 4) is 6.57 Å². The lowest BCUT2D eigenvalue weighted by atomic mass is 10.6. The Morgan fingerprint density at radius 3 is 3.00 bits per heavy atom. The van der Waals surface area contributed by atoms with Gasteiger partial charge in [-0.25, -0.2) is 10.2 Å². The summed E-state index contributed by atoms with van der Waals surface area (Å²) in [4.78, 5) is 6.69. The molecule has 2 aromatic heterocycles. The minimum absolute atomic E-state index is 0.602. The van der Waals surface area contributed by atoms with Crippen molar-refractivity contribution in [2.45, 2.75) is 0 Å². The van der Waals surface area contributed by atoms with E-state index in [2.05, 4.69) is 32.0 Å². The summed E-state index contributed by atoms with van der Waals surface area (Å²) in [6.07, 6.45) is 3.14. The van der Waals surface area contributed by atoms with Crippen LogP contribution < -0.4 is 0 Å². The summed E-state index contributed by atoms with van der Waals surface area (Å²) in [5.41, 5.74) is 1.41. The molecule has 0 amide bonds. The van der Waals surface area contributed by atoms with Crippen molar-refractivity contribution in [2.75, 3.05) is 0 Å². The maximum Gasteiger partial charge on any atom is 0.203 e. The van der Waals surface area contributed by atoms with Gasteiger partial charge in [-0.2, -0.15) is 0 Å². The molecule has 0 fully saturated rings. The van der Waals surface area contributed by atoms with Gasteiger partial charge in [-0.1, -0.05) is 0 Å². The Bertz CT molecular complexity index is 320. The normalized spacial score (nSPS) is 8.55. The molecule has 0 bridgehead atoms. The molecule has 0 saturated heterocycles. The fourth-order valence-electron chi connectivity index (χ4n) is 0.623. The molecule has 0 aliphatic carbocycles. The van der Waals surface area contributed by atoms with Crippen molar-refractivity contribution in [1.29, 1.82) is 5.26 Å². The maximum absolute atomic E-state index is 6.50. The molecule has 0 saturated carbocycles. The molecule has 0 radical (unpaired) electrons. The van der Waals surface area contributed by atoms with E-state index < -0.39 is 0 Å². The maximum atomic E-state index is 6.50. The van der Waals surface area contributed by atoms with Crippen LogP contribution in [0.3, 0.4) is 0 Å². The summed E-state index contributed by atoms with van der Waals surface area (Å²) in [7, 11) is 0. The lowest BCUT2D eigenvalue weighted by Gasteiger charge is -1.78. The second-order valence-corrected chi connectivity index (χ2v) is 1.57. The third-order valence-corrected chi connectivity index (χ3v) is 1.03. The van der Waals surface area contributed by atoms with E-state index in [0.717, 1.165) is 5.52 Å². The van der Waals surface area contributed by atoms with Crippen molar-refractivity contribution >= 4 is 11.2 Å². The number of aromatic amines is 1. The lowest BCUT2D eigenvalue weighted by Crippen LogP contribution is -1.84. The molecule has 0 unspecified atom stereocenters. The molecular weight excluding hydrogens is 144 g/mol. The number of nitrogens with one attached hydrogen (secondary N) is 1. The molecule has 6 nitrogen and oxygen atoms in total. The predicted molar refractivity (Wildman–Crippen MR) is 36.1 cm³/mol. The first kappa shape index (κ1) is 7.08. The Morgan fingerprint density at radius 1 is 1.45 bits per heavy atom. The van der Waals surface area contributed by atoms with E-state index in [0.29, 0.717) is 5.65 Å². The summed E-state index contributed by atoms with van der Waals surface area (Å²) in [5.74, 6) is 0. The molecule has 0 aliphatic heterocycles. The molecule has 1 N–H and O–H groups in total. The van der Waals surface area contributed by atoms with E-state index in [4.69, 9.17) is 5.26 Å². The SMILES string of the molecule is C#N.c1nc2nnncc2[nH]1. The fraction of sp³-hybridized carbons (Fsp3) is 0. The van der Waals surface area contributed by atoms with Crippen molar-refractivity contribution in [1.82, 2.24) is 25.4 Å². The van der Waals surface area contributed by atoms with Gasteiger partial charge < -0.3 is 4.98 Å². The molecular formula is C5H4N6. The van der Waals surface area contributed by atoms with E-state index in [9.17, 15) is 0 Å². The number of nitrogens with zero attached hydrogens (tertiary/aromatic N) is 5. The van der Waals surface area contributed by atoms with Gasteiger partial charge >= 0.3 is 0 Å². The summed E-state index contributed by atoms with van der Waals surface area (Å²) in [5, 5.41) is 17.1. The van der Waals surface area contributed by atoms with Gasteiger partial charge in [0.25, 0.3) is 0 Å². The van der Waals surface area contributed by atoms with E-state index in [1.807, 2.05) is 0 Å². The molecule has 0 atom stereocenters. The average molecular weight is 148 g/mol. The van der Waals surface area contributed by atoms with Crippen molar-refractivity contribution in [3.63, 3.8) is 0 Å². The highest BCUT2D eigenvalue weighted by atomic mass is 15.3. The molecule has 6 heteroatoms. The van der Waals surface area contributed by atoms with Gasteiger partial charge in [-0.3, -0.25) is 0 Å². The number of nitriles is 1. The highest BCUT2D eigenvalue weighted by Crippen LogP contribution is 1.97. The van der Waals surface area contributed by atoms with Gasteiger partial charge in [-0.05, 0) is 5.21 Å². The molecule has 2 heterocycles. The number of aromatic nitrogens is 5. The zero-order chi connectivity index (χ0) is 8.10. The highest BCUT2D eigenvalue weighted by molar-refractivity contribution is 5.66. The largest absolute Gasteiger partial charge is 0.342 e. The molecule has 0 aromatic carbocycles. The van der Waals surface area contributed by atoms with E-state index >= 15 is 0 Å². The molecule has 0 aliphatic rings. The number of fused-ring (bicyclic) bond motifs is 1. The average Bonchev–Trinajstić information content (AvgIpc) is 2.55. The Morgan fingerprint density at radius 2 is 2.27 bits per heavy atom. The Hall–Kier alpha value is -2.03.